The number of hydrogen-bond donors (Lipinski definition) is 3. The van der Waals surface area contributed by atoms with Crippen LogP contribution in [0.5, 0.6) is 0 Å². The summed E-state index contributed by atoms with van der Waals surface area (Å²) in [5.41, 5.74) is 4.85. The van der Waals surface area contributed by atoms with Crippen LogP contribution in [0.3, 0.4) is 0 Å². The quantitative estimate of drug-likeness (QED) is 0.245. The van der Waals surface area contributed by atoms with Crippen LogP contribution in [0.15, 0.2) is 29.4 Å². The summed E-state index contributed by atoms with van der Waals surface area (Å²) >= 11 is 0. The summed E-state index contributed by atoms with van der Waals surface area (Å²) in [4.78, 5) is 0. The number of oxime groups is 1. The molecular weight excluding hydrogens is 259 g/mol. The first kappa shape index (κ1) is 15.3. The van der Waals surface area contributed by atoms with E-state index in [4.69, 9.17) is 10.9 Å². The molecule has 19 heavy (non-hydrogen) atoms. The molecule has 0 aliphatic carbocycles. The van der Waals surface area contributed by atoms with E-state index in [1.807, 2.05) is 0 Å². The number of rotatable bonds is 6. The van der Waals surface area contributed by atoms with Gasteiger partial charge in [0.25, 0.3) is 0 Å². The molecular formula is C12H16F3N3O. The Bertz CT molecular complexity index is 432. The Morgan fingerprint density at radius 3 is 2.63 bits per heavy atom. The smallest absolute Gasteiger partial charge is 0.409 e. The fraction of sp³-hybridized carbons (Fsp3) is 0.417. The summed E-state index contributed by atoms with van der Waals surface area (Å²) in [6.07, 6.45) is -3.36. The molecule has 0 spiro atoms. The van der Waals surface area contributed by atoms with Gasteiger partial charge in [-0.15, -0.1) is 0 Å². The number of halogens is 3. The number of nitrogens with two attached hydrogens (primary N) is 1. The molecule has 4 nitrogen and oxygen atoms in total. The minimum absolute atomic E-state index is 0.109. The summed E-state index contributed by atoms with van der Waals surface area (Å²) in [7, 11) is 0. The molecule has 0 aromatic heterocycles. The van der Waals surface area contributed by atoms with Gasteiger partial charge in [0.2, 0.25) is 0 Å². The maximum atomic E-state index is 12.7. The molecule has 1 aromatic carbocycles. The van der Waals surface area contributed by atoms with Crippen molar-refractivity contribution in [3.8, 4) is 0 Å². The number of nitrogens with one attached hydrogen (secondary N) is 1. The number of benzene rings is 1. The molecule has 0 atom stereocenters. The van der Waals surface area contributed by atoms with Gasteiger partial charge >= 0.3 is 6.18 Å². The lowest BCUT2D eigenvalue weighted by atomic mass is 10.1. The van der Waals surface area contributed by atoms with Crippen LogP contribution in [0, 0.1) is 0 Å². The molecule has 0 amide bonds. The maximum Gasteiger partial charge on any atom is 0.416 e. The molecule has 0 fully saturated rings. The molecule has 0 saturated carbocycles. The molecule has 0 unspecified atom stereocenters. The molecule has 1 rings (SSSR count). The predicted octanol–water partition coefficient (Wildman–Crippen LogP) is 2.32. The predicted molar refractivity (Wildman–Crippen MR) is 65.8 cm³/mol. The zero-order valence-corrected chi connectivity index (χ0v) is 10.2. The Kier molecular flexibility index (Phi) is 5.62. The first-order valence-electron chi connectivity index (χ1n) is 5.77. The van der Waals surface area contributed by atoms with E-state index in [2.05, 4.69) is 10.5 Å². The average molecular weight is 275 g/mol. The van der Waals surface area contributed by atoms with Crippen molar-refractivity contribution in [2.24, 2.45) is 10.9 Å². The van der Waals surface area contributed by atoms with Crippen LogP contribution in [-0.2, 0) is 12.7 Å². The SMILES string of the molecule is NC(CCCNCc1ccccc1C(F)(F)F)=NO. The molecule has 0 aliphatic heterocycles. The van der Waals surface area contributed by atoms with Gasteiger partial charge in [-0.2, -0.15) is 13.2 Å². The van der Waals surface area contributed by atoms with Crippen molar-refractivity contribution < 1.29 is 18.4 Å². The van der Waals surface area contributed by atoms with Crippen molar-refractivity contribution in [3.05, 3.63) is 35.4 Å². The summed E-state index contributed by atoms with van der Waals surface area (Å²) < 4.78 is 38.1. The van der Waals surface area contributed by atoms with Crippen LogP contribution in [0.25, 0.3) is 0 Å². The van der Waals surface area contributed by atoms with Crippen molar-refractivity contribution in [1.82, 2.24) is 5.32 Å². The number of alkyl halides is 3. The molecule has 0 radical (unpaired) electrons. The molecule has 0 aliphatic rings. The Balaban J connectivity index is 2.46. The van der Waals surface area contributed by atoms with Crippen LogP contribution < -0.4 is 11.1 Å². The standard InChI is InChI=1S/C12H16F3N3O/c13-12(14,15)10-5-2-1-4-9(10)8-17-7-3-6-11(16)18-19/h1-2,4-5,17,19H,3,6-8H2,(H2,16,18). The summed E-state index contributed by atoms with van der Waals surface area (Å²) in [6, 6.07) is 5.44. The largest absolute Gasteiger partial charge is 0.416 e. The highest BCUT2D eigenvalue weighted by molar-refractivity contribution is 5.79. The maximum absolute atomic E-state index is 12.7. The van der Waals surface area contributed by atoms with Gasteiger partial charge in [-0.3, -0.25) is 0 Å². The van der Waals surface area contributed by atoms with E-state index in [1.165, 1.54) is 12.1 Å². The molecule has 4 N–H and O–H groups in total. The lowest BCUT2D eigenvalue weighted by molar-refractivity contribution is -0.138. The van der Waals surface area contributed by atoms with Crippen LogP contribution >= 0.6 is 0 Å². The van der Waals surface area contributed by atoms with E-state index < -0.39 is 11.7 Å². The Morgan fingerprint density at radius 2 is 2.00 bits per heavy atom. The third-order valence-electron chi connectivity index (χ3n) is 2.55. The normalized spacial score (nSPS) is 12.7. The number of amidine groups is 1. The van der Waals surface area contributed by atoms with Gasteiger partial charge in [0, 0.05) is 13.0 Å². The van der Waals surface area contributed by atoms with Gasteiger partial charge in [-0.05, 0) is 24.6 Å². The molecule has 0 heterocycles. The number of nitrogens with zero attached hydrogens (tertiary/aromatic N) is 1. The van der Waals surface area contributed by atoms with E-state index in [9.17, 15) is 13.2 Å². The van der Waals surface area contributed by atoms with Crippen LogP contribution in [0.2, 0.25) is 0 Å². The molecule has 106 valence electrons. The Morgan fingerprint density at radius 1 is 1.32 bits per heavy atom. The fourth-order valence-corrected chi connectivity index (χ4v) is 1.62. The zero-order valence-electron chi connectivity index (χ0n) is 10.2. The second-order valence-corrected chi connectivity index (χ2v) is 4.03. The topological polar surface area (TPSA) is 70.6 Å². The fourth-order valence-electron chi connectivity index (χ4n) is 1.62. The average Bonchev–Trinajstić information content (AvgIpc) is 2.37. The van der Waals surface area contributed by atoms with E-state index >= 15 is 0 Å². The van der Waals surface area contributed by atoms with Crippen molar-refractivity contribution >= 4 is 5.84 Å². The third-order valence-corrected chi connectivity index (χ3v) is 2.55. The van der Waals surface area contributed by atoms with Crippen LogP contribution in [-0.4, -0.2) is 17.6 Å². The Hall–Kier alpha value is -1.76. The molecule has 7 heteroatoms. The molecule has 0 saturated heterocycles. The van der Waals surface area contributed by atoms with Crippen molar-refractivity contribution in [2.45, 2.75) is 25.6 Å². The van der Waals surface area contributed by atoms with Crippen LogP contribution in [0.1, 0.15) is 24.0 Å². The zero-order chi connectivity index (χ0) is 14.3. The second kappa shape index (κ2) is 6.98. The Labute approximate surface area is 109 Å². The second-order valence-electron chi connectivity index (χ2n) is 4.03. The van der Waals surface area contributed by atoms with Gasteiger partial charge < -0.3 is 16.3 Å². The van der Waals surface area contributed by atoms with E-state index in [-0.39, 0.29) is 17.9 Å². The van der Waals surface area contributed by atoms with Gasteiger partial charge in [-0.25, -0.2) is 0 Å². The van der Waals surface area contributed by atoms with Crippen molar-refractivity contribution in [1.29, 1.82) is 0 Å². The summed E-state index contributed by atoms with van der Waals surface area (Å²) in [5, 5.41) is 14.0. The first-order chi connectivity index (χ1) is 8.95. The summed E-state index contributed by atoms with van der Waals surface area (Å²) in [5.74, 6) is 0.109. The van der Waals surface area contributed by atoms with Gasteiger partial charge in [0.05, 0.1) is 5.56 Å². The van der Waals surface area contributed by atoms with Gasteiger partial charge in [-0.1, -0.05) is 23.4 Å². The van der Waals surface area contributed by atoms with E-state index in [0.29, 0.717) is 19.4 Å². The van der Waals surface area contributed by atoms with Gasteiger partial charge in [0.1, 0.15) is 5.84 Å². The van der Waals surface area contributed by atoms with Gasteiger partial charge in [0.15, 0.2) is 0 Å². The van der Waals surface area contributed by atoms with E-state index in [1.54, 1.807) is 6.07 Å². The highest BCUT2D eigenvalue weighted by atomic mass is 19.4. The monoisotopic (exact) mass is 275 g/mol. The van der Waals surface area contributed by atoms with Crippen LogP contribution in [0.4, 0.5) is 13.2 Å². The minimum Gasteiger partial charge on any atom is -0.409 e. The van der Waals surface area contributed by atoms with E-state index in [0.717, 1.165) is 6.07 Å². The van der Waals surface area contributed by atoms with Crippen molar-refractivity contribution in [2.75, 3.05) is 6.54 Å². The third kappa shape index (κ3) is 5.17. The summed E-state index contributed by atoms with van der Waals surface area (Å²) in [6.45, 7) is 0.619. The lowest BCUT2D eigenvalue weighted by Gasteiger charge is -2.13. The first-order valence-corrected chi connectivity index (χ1v) is 5.77. The highest BCUT2D eigenvalue weighted by Crippen LogP contribution is 2.31. The minimum atomic E-state index is -4.34. The molecule has 1 aromatic rings. The molecule has 0 bridgehead atoms. The lowest BCUT2D eigenvalue weighted by Crippen LogP contribution is -2.20. The highest BCUT2D eigenvalue weighted by Gasteiger charge is 2.32. The number of hydrogen-bond acceptors (Lipinski definition) is 3. The van der Waals surface area contributed by atoms with Crippen molar-refractivity contribution in [3.63, 3.8) is 0 Å².